The molecular weight excluding hydrogens is 138 g/mol. The second kappa shape index (κ2) is 4.07. The van der Waals surface area contributed by atoms with E-state index in [1.807, 2.05) is 0 Å². The molecular formula is C9H18NO. The number of nitrogens with zero attached hydrogens (tertiary/aromatic N) is 1. The molecule has 1 fully saturated rings. The monoisotopic (exact) mass is 156 g/mol. The summed E-state index contributed by atoms with van der Waals surface area (Å²) in [7, 11) is 0. The summed E-state index contributed by atoms with van der Waals surface area (Å²) >= 11 is 0. The molecule has 0 N–H and O–H groups in total. The highest BCUT2D eigenvalue weighted by atomic mass is 16.5. The lowest BCUT2D eigenvalue weighted by molar-refractivity contribution is -0.0356. The maximum absolute atomic E-state index is 5.41. The quantitative estimate of drug-likeness (QED) is 0.598. The number of rotatable bonds is 2. The third-order valence-corrected chi connectivity index (χ3v) is 2.27. The van der Waals surface area contributed by atoms with Crippen LogP contribution in [-0.4, -0.2) is 36.7 Å². The molecule has 0 amide bonds. The van der Waals surface area contributed by atoms with Gasteiger partial charge in [0, 0.05) is 12.1 Å². The lowest BCUT2D eigenvalue weighted by Gasteiger charge is -2.38. The van der Waals surface area contributed by atoms with Crippen LogP contribution in [0.3, 0.4) is 0 Å². The van der Waals surface area contributed by atoms with Gasteiger partial charge in [-0.2, -0.15) is 0 Å². The van der Waals surface area contributed by atoms with Crippen molar-refractivity contribution in [2.45, 2.75) is 32.4 Å². The Morgan fingerprint density at radius 1 is 1.36 bits per heavy atom. The predicted molar refractivity (Wildman–Crippen MR) is 46.4 cm³/mol. The summed E-state index contributed by atoms with van der Waals surface area (Å²) < 4.78 is 5.41. The van der Waals surface area contributed by atoms with Gasteiger partial charge in [-0.15, -0.1) is 0 Å². The molecule has 1 saturated heterocycles. The smallest absolute Gasteiger partial charge is 0.0620 e. The lowest BCUT2D eigenvalue weighted by atomic mass is 10.1. The summed E-state index contributed by atoms with van der Waals surface area (Å²) in [5, 5.41) is 0. The van der Waals surface area contributed by atoms with Crippen LogP contribution in [0, 0.1) is 6.92 Å². The average Bonchev–Trinajstić information content (AvgIpc) is 1.97. The molecule has 0 saturated carbocycles. The Labute approximate surface area is 69.5 Å². The van der Waals surface area contributed by atoms with Gasteiger partial charge in [0.2, 0.25) is 0 Å². The van der Waals surface area contributed by atoms with Gasteiger partial charge >= 0.3 is 0 Å². The zero-order valence-electron chi connectivity index (χ0n) is 7.55. The minimum atomic E-state index is 0.570. The maximum Gasteiger partial charge on any atom is 0.0620 e. The Hall–Kier alpha value is -0.0800. The summed E-state index contributed by atoms with van der Waals surface area (Å²) in [6.45, 7) is 11.2. The Balaban J connectivity index is 2.41. The van der Waals surface area contributed by atoms with Crippen LogP contribution in [0.15, 0.2) is 0 Å². The first-order valence-electron chi connectivity index (χ1n) is 4.38. The van der Waals surface area contributed by atoms with E-state index >= 15 is 0 Å². The Morgan fingerprint density at radius 3 is 2.36 bits per heavy atom. The molecule has 2 unspecified atom stereocenters. The predicted octanol–water partition coefficient (Wildman–Crippen LogP) is 1.32. The molecule has 11 heavy (non-hydrogen) atoms. The zero-order chi connectivity index (χ0) is 8.27. The van der Waals surface area contributed by atoms with Crippen molar-refractivity contribution in [1.29, 1.82) is 0 Å². The van der Waals surface area contributed by atoms with Crippen molar-refractivity contribution in [3.8, 4) is 0 Å². The summed E-state index contributed by atoms with van der Waals surface area (Å²) in [5.41, 5.74) is 0. The van der Waals surface area contributed by atoms with E-state index in [-0.39, 0.29) is 0 Å². The summed E-state index contributed by atoms with van der Waals surface area (Å²) in [5.74, 6) is 0. The van der Waals surface area contributed by atoms with Crippen molar-refractivity contribution in [1.82, 2.24) is 4.90 Å². The van der Waals surface area contributed by atoms with Crippen LogP contribution in [0.5, 0.6) is 0 Å². The first kappa shape index (κ1) is 9.01. The van der Waals surface area contributed by atoms with Gasteiger partial charge in [-0.3, -0.25) is 4.90 Å². The van der Waals surface area contributed by atoms with Crippen LogP contribution in [-0.2, 0) is 4.74 Å². The molecule has 0 aromatic rings. The summed E-state index contributed by atoms with van der Waals surface area (Å²) in [6, 6.07) is 1.14. The van der Waals surface area contributed by atoms with E-state index in [1.165, 1.54) is 0 Å². The highest BCUT2D eigenvalue weighted by Gasteiger charge is 2.23. The van der Waals surface area contributed by atoms with Gasteiger partial charge in [-0.05, 0) is 26.8 Å². The van der Waals surface area contributed by atoms with E-state index in [0.29, 0.717) is 12.1 Å². The van der Waals surface area contributed by atoms with E-state index in [4.69, 9.17) is 4.74 Å². The van der Waals surface area contributed by atoms with Gasteiger partial charge in [0.05, 0.1) is 13.2 Å². The van der Waals surface area contributed by atoms with E-state index in [0.717, 1.165) is 26.2 Å². The average molecular weight is 156 g/mol. The molecule has 1 aliphatic heterocycles. The van der Waals surface area contributed by atoms with Gasteiger partial charge in [0.1, 0.15) is 0 Å². The first-order chi connectivity index (χ1) is 5.25. The van der Waals surface area contributed by atoms with Gasteiger partial charge < -0.3 is 4.74 Å². The van der Waals surface area contributed by atoms with Gasteiger partial charge in [0.25, 0.3) is 0 Å². The van der Waals surface area contributed by atoms with E-state index in [2.05, 4.69) is 25.7 Å². The minimum absolute atomic E-state index is 0.570. The Bertz CT molecular complexity index is 106. The standard InChI is InChI=1S/C9H18NO/c1-4-5-10-8(2)6-11-7-9(10)3/h8-9H,1,4-7H2,2-3H3. The van der Waals surface area contributed by atoms with Gasteiger partial charge in [-0.25, -0.2) is 0 Å². The van der Waals surface area contributed by atoms with E-state index in [1.54, 1.807) is 0 Å². The molecule has 65 valence electrons. The maximum atomic E-state index is 5.41. The van der Waals surface area contributed by atoms with Crippen LogP contribution in [0.25, 0.3) is 0 Å². The fourth-order valence-electron chi connectivity index (χ4n) is 1.66. The second-order valence-electron chi connectivity index (χ2n) is 3.33. The Morgan fingerprint density at radius 2 is 1.91 bits per heavy atom. The molecule has 0 bridgehead atoms. The van der Waals surface area contributed by atoms with Gasteiger partial charge in [0.15, 0.2) is 0 Å². The van der Waals surface area contributed by atoms with Crippen LogP contribution in [0.2, 0.25) is 0 Å². The first-order valence-corrected chi connectivity index (χ1v) is 4.38. The van der Waals surface area contributed by atoms with Crippen molar-refractivity contribution >= 4 is 0 Å². The number of hydrogen-bond acceptors (Lipinski definition) is 2. The summed E-state index contributed by atoms with van der Waals surface area (Å²) in [4.78, 5) is 2.47. The van der Waals surface area contributed by atoms with Crippen LogP contribution in [0.1, 0.15) is 20.3 Å². The highest BCUT2D eigenvalue weighted by molar-refractivity contribution is 4.77. The number of morpholine rings is 1. The minimum Gasteiger partial charge on any atom is -0.378 e. The molecule has 2 heteroatoms. The summed E-state index contributed by atoms with van der Waals surface area (Å²) in [6.07, 6.45) is 0.995. The lowest BCUT2D eigenvalue weighted by Crippen LogP contribution is -2.49. The van der Waals surface area contributed by atoms with Crippen LogP contribution in [0.4, 0.5) is 0 Å². The van der Waals surface area contributed by atoms with Gasteiger partial charge in [-0.1, -0.05) is 6.92 Å². The normalized spacial score (nSPS) is 34.1. The second-order valence-corrected chi connectivity index (χ2v) is 3.33. The molecule has 2 atom stereocenters. The molecule has 1 rings (SSSR count). The molecule has 0 spiro atoms. The highest BCUT2D eigenvalue weighted by Crippen LogP contribution is 2.12. The van der Waals surface area contributed by atoms with E-state index in [9.17, 15) is 0 Å². The molecule has 1 heterocycles. The third kappa shape index (κ3) is 2.17. The molecule has 0 aliphatic carbocycles. The van der Waals surface area contributed by atoms with Crippen molar-refractivity contribution in [2.24, 2.45) is 0 Å². The fraction of sp³-hybridized carbons (Fsp3) is 0.889. The fourth-order valence-corrected chi connectivity index (χ4v) is 1.66. The number of hydrogen-bond donors (Lipinski definition) is 0. The van der Waals surface area contributed by atoms with Crippen LogP contribution >= 0.6 is 0 Å². The van der Waals surface area contributed by atoms with Crippen molar-refractivity contribution in [3.05, 3.63) is 6.92 Å². The molecule has 0 aromatic carbocycles. The van der Waals surface area contributed by atoms with Crippen molar-refractivity contribution < 1.29 is 4.74 Å². The molecule has 2 nitrogen and oxygen atoms in total. The van der Waals surface area contributed by atoms with Crippen molar-refractivity contribution in [2.75, 3.05) is 19.8 Å². The molecule has 1 aliphatic rings. The molecule has 0 aromatic heterocycles. The van der Waals surface area contributed by atoms with E-state index < -0.39 is 0 Å². The SMILES string of the molecule is [CH2]CCN1C(C)COCC1C. The number of ether oxygens (including phenoxy) is 1. The Kier molecular flexibility index (Phi) is 3.34. The zero-order valence-corrected chi connectivity index (χ0v) is 7.55. The third-order valence-electron chi connectivity index (χ3n) is 2.27. The topological polar surface area (TPSA) is 12.5 Å². The van der Waals surface area contributed by atoms with Crippen LogP contribution < -0.4 is 0 Å². The molecule has 1 radical (unpaired) electrons. The van der Waals surface area contributed by atoms with Crippen molar-refractivity contribution in [3.63, 3.8) is 0 Å². The largest absolute Gasteiger partial charge is 0.378 e.